The number of ether oxygens (including phenoxy) is 1. The molecular formula is C12H15NO5S. The molecule has 2 N–H and O–H groups in total. The topological polar surface area (TPSA) is 87.1 Å². The Labute approximate surface area is 114 Å². The molecular weight excluding hydrogens is 270 g/mol. The highest BCUT2D eigenvalue weighted by atomic mass is 32.2. The number of aliphatic carboxylic acids is 1. The van der Waals surface area contributed by atoms with E-state index in [1.807, 2.05) is 0 Å². The van der Waals surface area contributed by atoms with Crippen LogP contribution in [-0.4, -0.2) is 51.2 Å². The fourth-order valence-electron chi connectivity index (χ4n) is 2.82. The fraction of sp³-hybridized carbons (Fsp3) is 0.667. The highest BCUT2D eigenvalue weighted by Gasteiger charge is 2.58. The van der Waals surface area contributed by atoms with E-state index in [0.717, 1.165) is 12.8 Å². The van der Waals surface area contributed by atoms with Gasteiger partial charge in [-0.2, -0.15) is 0 Å². The quantitative estimate of drug-likeness (QED) is 0.729. The van der Waals surface area contributed by atoms with E-state index in [9.17, 15) is 19.8 Å². The molecule has 0 aromatic carbocycles. The van der Waals surface area contributed by atoms with Crippen molar-refractivity contribution in [3.05, 3.63) is 10.6 Å². The van der Waals surface area contributed by atoms with E-state index in [-0.39, 0.29) is 23.1 Å². The van der Waals surface area contributed by atoms with Gasteiger partial charge >= 0.3 is 5.97 Å². The maximum atomic E-state index is 12.0. The Bertz CT molecular complexity index is 469. The van der Waals surface area contributed by atoms with Crippen LogP contribution in [0.1, 0.15) is 19.8 Å². The van der Waals surface area contributed by atoms with Gasteiger partial charge in [-0.15, -0.1) is 0 Å². The molecule has 0 aliphatic carbocycles. The Hall–Kier alpha value is -1.05. The number of nitrogens with zero attached hydrogens (tertiary/aromatic N) is 1. The summed E-state index contributed by atoms with van der Waals surface area (Å²) in [6.07, 6.45) is 0.706. The van der Waals surface area contributed by atoms with Crippen LogP contribution in [0.15, 0.2) is 10.6 Å². The van der Waals surface area contributed by atoms with Gasteiger partial charge in [0.2, 0.25) is 5.91 Å². The number of carbonyl (C=O) groups excluding carboxylic acids is 1. The molecule has 2 saturated heterocycles. The summed E-state index contributed by atoms with van der Waals surface area (Å²) >= 11 is 1.35. The van der Waals surface area contributed by atoms with Crippen molar-refractivity contribution in [2.75, 3.05) is 6.61 Å². The number of carboxylic acids is 1. The minimum atomic E-state index is -1.10. The molecule has 0 bridgehead atoms. The molecule has 6 nitrogen and oxygen atoms in total. The van der Waals surface area contributed by atoms with Crippen LogP contribution >= 0.6 is 11.8 Å². The lowest BCUT2D eigenvalue weighted by molar-refractivity contribution is -0.156. The molecule has 1 amide bonds. The van der Waals surface area contributed by atoms with Crippen LogP contribution in [0, 0.1) is 5.92 Å². The summed E-state index contributed by atoms with van der Waals surface area (Å²) in [7, 11) is 0. The Morgan fingerprint density at radius 1 is 1.58 bits per heavy atom. The number of hydrogen-bond donors (Lipinski definition) is 2. The van der Waals surface area contributed by atoms with Gasteiger partial charge in [-0.05, 0) is 19.8 Å². The average Bonchev–Trinajstić information content (AvgIpc) is 2.92. The summed E-state index contributed by atoms with van der Waals surface area (Å²) in [4.78, 5) is 25.3. The second kappa shape index (κ2) is 4.50. The van der Waals surface area contributed by atoms with Crippen LogP contribution in [0.3, 0.4) is 0 Å². The van der Waals surface area contributed by atoms with Crippen molar-refractivity contribution in [3.8, 4) is 0 Å². The second-order valence-electron chi connectivity index (χ2n) is 5.00. The average molecular weight is 285 g/mol. The number of fused-ring (bicyclic) bond motifs is 1. The zero-order valence-electron chi connectivity index (χ0n) is 10.4. The lowest BCUT2D eigenvalue weighted by Gasteiger charge is -2.43. The van der Waals surface area contributed by atoms with Crippen LogP contribution in [0.5, 0.6) is 0 Å². The molecule has 104 valence electrons. The van der Waals surface area contributed by atoms with Crippen LogP contribution in [-0.2, 0) is 14.3 Å². The first-order chi connectivity index (χ1) is 9.02. The van der Waals surface area contributed by atoms with Crippen molar-refractivity contribution in [2.24, 2.45) is 5.92 Å². The smallest absolute Gasteiger partial charge is 0.353 e. The molecule has 0 saturated carbocycles. The molecule has 3 aliphatic rings. The molecule has 0 spiro atoms. The maximum absolute atomic E-state index is 12.0. The Morgan fingerprint density at radius 2 is 2.32 bits per heavy atom. The van der Waals surface area contributed by atoms with E-state index in [2.05, 4.69) is 0 Å². The molecule has 0 aromatic heterocycles. The Balaban J connectivity index is 1.91. The lowest BCUT2D eigenvalue weighted by atomic mass is 9.92. The van der Waals surface area contributed by atoms with Crippen molar-refractivity contribution >= 4 is 23.6 Å². The Morgan fingerprint density at radius 3 is 2.84 bits per heavy atom. The molecule has 3 heterocycles. The van der Waals surface area contributed by atoms with Crippen LogP contribution < -0.4 is 0 Å². The molecule has 7 heteroatoms. The Kier molecular flexibility index (Phi) is 3.07. The van der Waals surface area contributed by atoms with Crippen molar-refractivity contribution in [2.45, 2.75) is 37.3 Å². The van der Waals surface area contributed by atoms with E-state index in [1.165, 1.54) is 16.7 Å². The summed E-state index contributed by atoms with van der Waals surface area (Å²) in [5.41, 5.74) is 0.0452. The maximum Gasteiger partial charge on any atom is 0.353 e. The number of carbonyl (C=O) groups is 2. The van der Waals surface area contributed by atoms with E-state index in [0.29, 0.717) is 11.5 Å². The minimum absolute atomic E-state index is 0.0452. The first-order valence-corrected chi connectivity index (χ1v) is 7.17. The van der Waals surface area contributed by atoms with E-state index >= 15 is 0 Å². The number of aliphatic hydroxyl groups excluding tert-OH is 1. The minimum Gasteiger partial charge on any atom is -0.477 e. The summed E-state index contributed by atoms with van der Waals surface area (Å²) < 4.78 is 5.53. The number of hydrogen-bond acceptors (Lipinski definition) is 5. The summed E-state index contributed by atoms with van der Waals surface area (Å²) in [5.74, 6) is -1.92. The van der Waals surface area contributed by atoms with Gasteiger partial charge in [0.1, 0.15) is 11.1 Å². The van der Waals surface area contributed by atoms with Crippen molar-refractivity contribution in [3.63, 3.8) is 0 Å². The molecule has 3 aliphatic heterocycles. The number of amides is 1. The molecule has 0 aromatic rings. The van der Waals surface area contributed by atoms with Gasteiger partial charge in [0, 0.05) is 11.5 Å². The van der Waals surface area contributed by atoms with Gasteiger partial charge in [-0.3, -0.25) is 9.69 Å². The molecule has 3 rings (SSSR count). The molecule has 0 unspecified atom stereocenters. The largest absolute Gasteiger partial charge is 0.477 e. The highest BCUT2D eigenvalue weighted by molar-refractivity contribution is 8.04. The van der Waals surface area contributed by atoms with Crippen molar-refractivity contribution in [1.82, 2.24) is 4.90 Å². The first-order valence-electron chi connectivity index (χ1n) is 6.29. The van der Waals surface area contributed by atoms with Crippen LogP contribution in [0.4, 0.5) is 0 Å². The molecule has 0 radical (unpaired) electrons. The standard InChI is InChI=1S/C12H15NO5S/c1-5(14)7-10(15)13-8(12(16)17)9(19-11(7)13)6-3-2-4-18-6/h5-7,11,14H,2-4H2,1H3,(H,16,17)/t5-,6-,7+,11+/m0/s1. The number of thioether (sulfide) groups is 1. The number of aliphatic hydroxyl groups is 1. The van der Waals surface area contributed by atoms with Gasteiger partial charge in [-0.25, -0.2) is 4.79 Å². The third kappa shape index (κ3) is 1.79. The first kappa shape index (κ1) is 13.0. The zero-order valence-corrected chi connectivity index (χ0v) is 11.2. The SMILES string of the molecule is C[C@H](O)[C@@H]1C(=O)N2C(C(=O)O)=C([C@@H]3CCCO3)S[C@H]12. The van der Waals surface area contributed by atoms with E-state index in [1.54, 1.807) is 6.92 Å². The van der Waals surface area contributed by atoms with Gasteiger partial charge in [0.15, 0.2) is 0 Å². The number of carboxylic acid groups (broad SMARTS) is 1. The summed E-state index contributed by atoms with van der Waals surface area (Å²) in [5, 5.41) is 18.6. The fourth-order valence-corrected chi connectivity index (χ4v) is 4.52. The van der Waals surface area contributed by atoms with Gasteiger partial charge in [-0.1, -0.05) is 11.8 Å². The normalized spacial score (nSPS) is 35.4. The zero-order chi connectivity index (χ0) is 13.7. The van der Waals surface area contributed by atoms with Crippen molar-refractivity contribution < 1.29 is 24.5 Å². The van der Waals surface area contributed by atoms with Gasteiger partial charge in [0.05, 0.1) is 18.1 Å². The van der Waals surface area contributed by atoms with Gasteiger partial charge < -0.3 is 14.9 Å². The summed E-state index contributed by atoms with van der Waals surface area (Å²) in [6, 6.07) is 0. The third-order valence-corrected chi connectivity index (χ3v) is 5.21. The second-order valence-corrected chi connectivity index (χ2v) is 6.16. The summed E-state index contributed by atoms with van der Waals surface area (Å²) in [6.45, 7) is 2.19. The van der Waals surface area contributed by atoms with Crippen LogP contribution in [0.25, 0.3) is 0 Å². The lowest BCUT2D eigenvalue weighted by Crippen LogP contribution is -2.60. The highest BCUT2D eigenvalue weighted by Crippen LogP contribution is 2.52. The van der Waals surface area contributed by atoms with Crippen LogP contribution in [0.2, 0.25) is 0 Å². The number of β-lactam (4-membered cyclic amide) rings is 1. The molecule has 19 heavy (non-hydrogen) atoms. The van der Waals surface area contributed by atoms with E-state index in [4.69, 9.17) is 4.74 Å². The van der Waals surface area contributed by atoms with Gasteiger partial charge in [0.25, 0.3) is 0 Å². The number of rotatable bonds is 3. The molecule has 4 atom stereocenters. The van der Waals surface area contributed by atoms with Crippen molar-refractivity contribution in [1.29, 1.82) is 0 Å². The molecule has 2 fully saturated rings. The monoisotopic (exact) mass is 285 g/mol. The third-order valence-electron chi connectivity index (χ3n) is 3.75. The van der Waals surface area contributed by atoms with E-state index < -0.39 is 18.0 Å². The predicted molar refractivity (Wildman–Crippen MR) is 67.0 cm³/mol. The predicted octanol–water partition coefficient (Wildman–Crippen LogP) is 0.374.